The summed E-state index contributed by atoms with van der Waals surface area (Å²) in [4.78, 5) is 21.6. The van der Waals surface area contributed by atoms with E-state index in [1.165, 1.54) is 28.0 Å². The van der Waals surface area contributed by atoms with E-state index in [2.05, 4.69) is 17.1 Å². The molecule has 2 aromatic heterocycles. The average Bonchev–Trinajstić information content (AvgIpc) is 3.63. The maximum absolute atomic E-state index is 11.2. The lowest BCUT2D eigenvalue weighted by Gasteiger charge is -2.16. The molecule has 2 aromatic carbocycles. The summed E-state index contributed by atoms with van der Waals surface area (Å²) in [7, 11) is 0. The largest absolute Gasteiger partial charge is 0.489 e. The number of anilines is 1. The number of thiazole rings is 1. The van der Waals surface area contributed by atoms with Crippen LogP contribution in [0.4, 0.5) is 10.6 Å². The first-order chi connectivity index (χ1) is 19.4. The molecule has 1 fully saturated rings. The number of nitrogen functional groups attached to an aromatic ring is 1. The zero-order valence-corrected chi connectivity index (χ0v) is 23.3. The highest BCUT2D eigenvalue weighted by molar-refractivity contribution is 7.98. The second-order valence-electron chi connectivity index (χ2n) is 8.87. The minimum absolute atomic E-state index is 0.0409. The Morgan fingerprint density at radius 2 is 1.82 bits per heavy atom. The third kappa shape index (κ3) is 5.82. The molecular formula is C28H21ClN6O3S2. The lowest BCUT2D eigenvalue weighted by molar-refractivity contribution is 0.145. The first kappa shape index (κ1) is 27.3. The SMILES string of the molecule is N#Cc1c(N)nc(SCc2csc(-c3ccc(Cl)cc3)n2)c(C#N)c1-c1ccc(OC2CCN(C(=O)O)C2)cc1. The minimum Gasteiger partial charge on any atom is -0.489 e. The third-order valence-corrected chi connectivity index (χ3v) is 8.48. The molecule has 200 valence electrons. The van der Waals surface area contributed by atoms with E-state index in [9.17, 15) is 15.3 Å². The molecule has 3 heterocycles. The Morgan fingerprint density at radius 1 is 1.12 bits per heavy atom. The van der Waals surface area contributed by atoms with Gasteiger partial charge >= 0.3 is 6.09 Å². The number of nitrogens with zero attached hydrogens (tertiary/aromatic N) is 5. The first-order valence-electron chi connectivity index (χ1n) is 12.1. The Labute approximate surface area is 243 Å². The van der Waals surface area contributed by atoms with Crippen LogP contribution in [0.15, 0.2) is 58.9 Å². The van der Waals surface area contributed by atoms with Crippen LogP contribution in [0, 0.1) is 22.7 Å². The number of aromatic nitrogens is 2. The van der Waals surface area contributed by atoms with Crippen LogP contribution >= 0.6 is 34.7 Å². The summed E-state index contributed by atoms with van der Waals surface area (Å²) < 4.78 is 5.95. The van der Waals surface area contributed by atoms with Crippen molar-refractivity contribution in [2.24, 2.45) is 0 Å². The maximum Gasteiger partial charge on any atom is 0.407 e. The topological polar surface area (TPSA) is 149 Å². The van der Waals surface area contributed by atoms with Gasteiger partial charge in [-0.1, -0.05) is 47.6 Å². The van der Waals surface area contributed by atoms with Crippen molar-refractivity contribution >= 4 is 46.6 Å². The Bertz CT molecular complexity index is 1640. The fourth-order valence-electron chi connectivity index (χ4n) is 4.32. The second kappa shape index (κ2) is 11.8. The van der Waals surface area contributed by atoms with Crippen molar-refractivity contribution in [3.63, 3.8) is 0 Å². The Hall–Kier alpha value is -4.29. The summed E-state index contributed by atoms with van der Waals surface area (Å²) >= 11 is 8.83. The highest BCUT2D eigenvalue weighted by Crippen LogP contribution is 2.38. The Kier molecular flexibility index (Phi) is 8.08. The van der Waals surface area contributed by atoms with Crippen LogP contribution in [-0.2, 0) is 5.75 Å². The van der Waals surface area contributed by atoms with Crippen LogP contribution in [0.2, 0.25) is 5.02 Å². The van der Waals surface area contributed by atoms with Crippen molar-refractivity contribution in [1.29, 1.82) is 10.5 Å². The van der Waals surface area contributed by atoms with E-state index in [-0.39, 0.29) is 23.0 Å². The standard InChI is InChI=1S/C28H21ClN6O3S2/c29-18-5-1-17(2-6-18)26-33-19(14-39-26)15-40-27-23(12-31)24(22(11-30)25(32)34-27)16-3-7-20(8-4-16)38-21-9-10-35(13-21)28(36)37/h1-8,14,21H,9-10,13,15H2,(H2,32,34)(H,36,37). The van der Waals surface area contributed by atoms with Gasteiger partial charge in [0.05, 0.1) is 17.8 Å². The lowest BCUT2D eigenvalue weighted by atomic mass is 9.97. The van der Waals surface area contributed by atoms with Gasteiger partial charge in [-0.15, -0.1) is 11.3 Å². The van der Waals surface area contributed by atoms with Crippen molar-refractivity contribution in [1.82, 2.24) is 14.9 Å². The molecule has 9 nitrogen and oxygen atoms in total. The molecule has 5 rings (SSSR count). The molecule has 1 aliphatic rings. The van der Waals surface area contributed by atoms with Crippen molar-refractivity contribution in [2.45, 2.75) is 23.3 Å². The molecule has 12 heteroatoms. The molecule has 0 saturated carbocycles. The van der Waals surface area contributed by atoms with Gasteiger partial charge in [0.25, 0.3) is 0 Å². The molecule has 3 N–H and O–H groups in total. The number of likely N-dealkylation sites (tertiary alicyclic amines) is 1. The number of carboxylic acid groups (broad SMARTS) is 1. The summed E-state index contributed by atoms with van der Waals surface area (Å²) in [5.41, 5.74) is 9.37. The molecule has 0 bridgehead atoms. The predicted molar refractivity (Wildman–Crippen MR) is 154 cm³/mol. The van der Waals surface area contributed by atoms with E-state index in [0.717, 1.165) is 16.3 Å². The van der Waals surface area contributed by atoms with Crippen LogP contribution < -0.4 is 10.5 Å². The highest BCUT2D eigenvalue weighted by Gasteiger charge is 2.27. The number of ether oxygens (including phenoxy) is 1. The monoisotopic (exact) mass is 588 g/mol. The third-order valence-electron chi connectivity index (χ3n) is 6.28. The second-order valence-corrected chi connectivity index (χ2v) is 11.1. The van der Waals surface area contributed by atoms with Crippen LogP contribution in [-0.4, -0.2) is 45.3 Å². The maximum atomic E-state index is 11.2. The van der Waals surface area contributed by atoms with Gasteiger partial charge in [0, 0.05) is 40.2 Å². The number of carbonyl (C=O) groups is 1. The number of hydrogen-bond donors (Lipinski definition) is 2. The number of nitriles is 2. The molecule has 0 radical (unpaired) electrons. The van der Waals surface area contributed by atoms with Crippen molar-refractivity contribution in [3.05, 3.63) is 75.8 Å². The molecule has 1 saturated heterocycles. The summed E-state index contributed by atoms with van der Waals surface area (Å²) in [5, 5.41) is 33.0. The number of rotatable bonds is 7. The fraction of sp³-hybridized carbons (Fsp3) is 0.179. The van der Waals surface area contributed by atoms with Crippen molar-refractivity contribution in [3.8, 4) is 39.6 Å². The molecule has 4 aromatic rings. The fourth-order valence-corrected chi connectivity index (χ4v) is 6.27. The van der Waals surface area contributed by atoms with Crippen LogP contribution in [0.5, 0.6) is 5.75 Å². The number of nitrogens with two attached hydrogens (primary N) is 1. The normalized spacial score (nSPS) is 14.5. The van der Waals surface area contributed by atoms with E-state index in [1.54, 1.807) is 24.3 Å². The molecule has 0 spiro atoms. The van der Waals surface area contributed by atoms with Gasteiger partial charge in [0.15, 0.2) is 0 Å². The zero-order valence-electron chi connectivity index (χ0n) is 20.9. The number of halogens is 1. The predicted octanol–water partition coefficient (Wildman–Crippen LogP) is 6.27. The Morgan fingerprint density at radius 3 is 2.48 bits per heavy atom. The molecular weight excluding hydrogens is 568 g/mol. The van der Waals surface area contributed by atoms with Crippen LogP contribution in [0.3, 0.4) is 0 Å². The number of benzene rings is 2. The van der Waals surface area contributed by atoms with E-state index in [1.807, 2.05) is 29.6 Å². The lowest BCUT2D eigenvalue weighted by Crippen LogP contribution is -2.29. The molecule has 1 unspecified atom stereocenters. The smallest absolute Gasteiger partial charge is 0.407 e. The highest BCUT2D eigenvalue weighted by atomic mass is 35.5. The van der Waals surface area contributed by atoms with Gasteiger partial charge in [-0.2, -0.15) is 10.5 Å². The van der Waals surface area contributed by atoms with Crippen LogP contribution in [0.1, 0.15) is 23.2 Å². The van der Waals surface area contributed by atoms with Gasteiger partial charge in [-0.3, -0.25) is 0 Å². The zero-order chi connectivity index (χ0) is 28.2. The molecule has 1 aliphatic heterocycles. The molecule has 1 amide bonds. The van der Waals surface area contributed by atoms with Gasteiger partial charge < -0.3 is 20.5 Å². The van der Waals surface area contributed by atoms with Gasteiger partial charge in [0.1, 0.15) is 45.4 Å². The molecule has 1 atom stereocenters. The van der Waals surface area contributed by atoms with Crippen molar-refractivity contribution in [2.75, 3.05) is 18.8 Å². The molecule has 40 heavy (non-hydrogen) atoms. The quantitative estimate of drug-likeness (QED) is 0.238. The summed E-state index contributed by atoms with van der Waals surface area (Å²) in [6, 6.07) is 18.7. The first-order valence-corrected chi connectivity index (χ1v) is 14.3. The number of amides is 1. The number of pyridine rings is 1. The summed E-state index contributed by atoms with van der Waals surface area (Å²) in [6.07, 6.45) is -0.598. The summed E-state index contributed by atoms with van der Waals surface area (Å²) in [6.45, 7) is 0.727. The van der Waals surface area contributed by atoms with Crippen molar-refractivity contribution < 1.29 is 14.6 Å². The summed E-state index contributed by atoms with van der Waals surface area (Å²) in [5.74, 6) is 1.06. The van der Waals surface area contributed by atoms with Gasteiger partial charge in [-0.25, -0.2) is 14.8 Å². The van der Waals surface area contributed by atoms with E-state index in [0.29, 0.717) is 52.2 Å². The van der Waals surface area contributed by atoms with Gasteiger partial charge in [0.2, 0.25) is 0 Å². The van der Waals surface area contributed by atoms with E-state index in [4.69, 9.17) is 32.2 Å². The number of hydrogen-bond acceptors (Lipinski definition) is 9. The average molecular weight is 589 g/mol. The van der Waals surface area contributed by atoms with Crippen LogP contribution in [0.25, 0.3) is 21.7 Å². The van der Waals surface area contributed by atoms with E-state index >= 15 is 0 Å². The number of thioether (sulfide) groups is 1. The van der Waals surface area contributed by atoms with Gasteiger partial charge in [-0.05, 0) is 29.8 Å². The Balaban J connectivity index is 1.37. The molecule has 0 aliphatic carbocycles. The van der Waals surface area contributed by atoms with E-state index < -0.39 is 6.09 Å². The minimum atomic E-state index is -0.963.